The zero-order valence-corrected chi connectivity index (χ0v) is 17.0. The van der Waals surface area contributed by atoms with Crippen LogP contribution in [0.25, 0.3) is 21.8 Å². The number of aromatic amines is 1. The van der Waals surface area contributed by atoms with Gasteiger partial charge in [0.05, 0.1) is 33.4 Å². The molecule has 1 atom stereocenters. The number of H-pyrrole nitrogens is 1. The fraction of sp³-hybridized carbons (Fsp3) is 0.0800. The lowest BCUT2D eigenvalue weighted by Gasteiger charge is -2.15. The van der Waals surface area contributed by atoms with Crippen molar-refractivity contribution in [1.29, 1.82) is 0 Å². The van der Waals surface area contributed by atoms with E-state index in [4.69, 9.17) is 16.6 Å². The summed E-state index contributed by atoms with van der Waals surface area (Å²) in [6.45, 7) is 0. The number of benzene rings is 3. The smallest absolute Gasteiger partial charge is 0.201 e. The van der Waals surface area contributed by atoms with Crippen LogP contribution in [-0.4, -0.2) is 20.4 Å². The molecule has 6 rings (SSSR count). The van der Waals surface area contributed by atoms with Gasteiger partial charge in [0.25, 0.3) is 0 Å². The first kappa shape index (κ1) is 17.4. The second-order valence-electron chi connectivity index (χ2n) is 7.67. The zero-order valence-electron chi connectivity index (χ0n) is 16.2. The molecule has 0 aliphatic carbocycles. The van der Waals surface area contributed by atoms with Crippen LogP contribution in [0.2, 0.25) is 5.02 Å². The van der Waals surface area contributed by atoms with Gasteiger partial charge < -0.3 is 14.7 Å². The van der Waals surface area contributed by atoms with Crippen molar-refractivity contribution in [1.82, 2.24) is 9.55 Å². The Kier molecular flexibility index (Phi) is 3.62. The lowest BCUT2D eigenvalue weighted by Crippen LogP contribution is -2.11. The number of hydrogen-bond acceptors (Lipinski definition) is 2. The summed E-state index contributed by atoms with van der Waals surface area (Å²) in [5.41, 5.74) is 6.56. The fourth-order valence-corrected chi connectivity index (χ4v) is 4.92. The molecule has 2 aromatic heterocycles. The van der Waals surface area contributed by atoms with Crippen LogP contribution in [0, 0.1) is 0 Å². The summed E-state index contributed by atoms with van der Waals surface area (Å²) in [4.78, 5) is 8.37. The largest absolute Gasteiger partial charge is 0.494 e. The molecule has 3 aromatic carbocycles. The normalized spacial score (nSPS) is 15.7. The number of fused-ring (bicyclic) bond motifs is 3. The number of aliphatic imine (C=N–C) groups is 1. The number of aromatic nitrogens is 2. The number of rotatable bonds is 2. The van der Waals surface area contributed by atoms with Crippen LogP contribution in [0.1, 0.15) is 22.6 Å². The van der Waals surface area contributed by atoms with Gasteiger partial charge in [0.1, 0.15) is 0 Å². The van der Waals surface area contributed by atoms with E-state index in [9.17, 15) is 5.11 Å². The molecule has 30 heavy (non-hydrogen) atoms. The minimum Gasteiger partial charge on any atom is -0.494 e. The van der Waals surface area contributed by atoms with Gasteiger partial charge in [-0.25, -0.2) is 4.99 Å². The molecule has 0 spiro atoms. The maximum Gasteiger partial charge on any atom is 0.201 e. The third-order valence-corrected chi connectivity index (χ3v) is 6.40. The van der Waals surface area contributed by atoms with Gasteiger partial charge in [-0.15, -0.1) is 0 Å². The van der Waals surface area contributed by atoms with Gasteiger partial charge in [0.2, 0.25) is 5.88 Å². The maximum atomic E-state index is 11.1. The average Bonchev–Trinajstić information content (AvgIpc) is 3.42. The van der Waals surface area contributed by atoms with Crippen LogP contribution < -0.4 is 0 Å². The van der Waals surface area contributed by atoms with Gasteiger partial charge in [-0.3, -0.25) is 0 Å². The number of halogens is 1. The van der Waals surface area contributed by atoms with Gasteiger partial charge in [0.15, 0.2) is 0 Å². The monoisotopic (exact) mass is 411 g/mol. The number of nitrogens with one attached hydrogen (secondary N) is 1. The molecule has 1 unspecified atom stereocenters. The van der Waals surface area contributed by atoms with Gasteiger partial charge in [-0.1, -0.05) is 60.1 Å². The summed E-state index contributed by atoms with van der Waals surface area (Å²) < 4.78 is 1.81. The van der Waals surface area contributed by atoms with Crippen LogP contribution in [0.4, 0.5) is 5.69 Å². The molecule has 0 radical (unpaired) electrons. The number of hydrogen-bond donors (Lipinski definition) is 2. The Morgan fingerprint density at radius 2 is 1.70 bits per heavy atom. The molecule has 1 aliphatic rings. The number of aromatic hydroxyl groups is 1. The fourth-order valence-electron chi connectivity index (χ4n) is 4.70. The molecule has 1 aliphatic heterocycles. The highest BCUT2D eigenvalue weighted by atomic mass is 35.5. The van der Waals surface area contributed by atoms with E-state index >= 15 is 0 Å². The van der Waals surface area contributed by atoms with Crippen molar-refractivity contribution < 1.29 is 5.11 Å². The van der Waals surface area contributed by atoms with Crippen molar-refractivity contribution in [3.63, 3.8) is 0 Å². The van der Waals surface area contributed by atoms with E-state index in [0.29, 0.717) is 5.02 Å². The van der Waals surface area contributed by atoms with Crippen molar-refractivity contribution in [2.24, 2.45) is 12.0 Å². The van der Waals surface area contributed by atoms with Crippen molar-refractivity contribution in [2.75, 3.05) is 0 Å². The van der Waals surface area contributed by atoms with Gasteiger partial charge >= 0.3 is 0 Å². The molecular formula is C25H18ClN3O. The third kappa shape index (κ3) is 2.25. The first-order chi connectivity index (χ1) is 14.6. The minimum atomic E-state index is -0.133. The van der Waals surface area contributed by atoms with E-state index in [2.05, 4.69) is 23.2 Å². The first-order valence-electron chi connectivity index (χ1n) is 9.85. The number of nitrogens with zero attached hydrogens (tertiary/aromatic N) is 2. The average molecular weight is 412 g/mol. The van der Waals surface area contributed by atoms with Gasteiger partial charge in [0, 0.05) is 29.5 Å². The quantitative estimate of drug-likeness (QED) is 0.352. The molecule has 4 nitrogen and oxygen atoms in total. The lowest BCUT2D eigenvalue weighted by atomic mass is 9.85. The molecule has 5 aromatic rings. The summed E-state index contributed by atoms with van der Waals surface area (Å²) in [7, 11) is 1.87. The molecule has 0 saturated heterocycles. The Balaban J connectivity index is 1.69. The van der Waals surface area contributed by atoms with Crippen LogP contribution in [0.5, 0.6) is 5.88 Å². The predicted molar refractivity (Wildman–Crippen MR) is 122 cm³/mol. The molecule has 0 bridgehead atoms. The van der Waals surface area contributed by atoms with Crippen molar-refractivity contribution in [3.8, 4) is 5.88 Å². The van der Waals surface area contributed by atoms with E-state index in [0.717, 1.165) is 49.9 Å². The van der Waals surface area contributed by atoms with Crippen LogP contribution in [-0.2, 0) is 7.05 Å². The highest BCUT2D eigenvalue weighted by molar-refractivity contribution is 6.34. The summed E-state index contributed by atoms with van der Waals surface area (Å²) in [6.07, 6.45) is 2.04. The molecular weight excluding hydrogens is 394 g/mol. The lowest BCUT2D eigenvalue weighted by molar-refractivity contribution is 0.434. The Hall–Kier alpha value is -3.50. The van der Waals surface area contributed by atoms with Crippen molar-refractivity contribution >= 4 is 44.8 Å². The molecule has 0 saturated carbocycles. The topological polar surface area (TPSA) is 53.3 Å². The summed E-state index contributed by atoms with van der Waals surface area (Å²) in [6, 6.07) is 22.2. The first-order valence-corrected chi connectivity index (χ1v) is 10.2. The second kappa shape index (κ2) is 6.25. The van der Waals surface area contributed by atoms with Crippen LogP contribution in [0.3, 0.4) is 0 Å². The van der Waals surface area contributed by atoms with Crippen molar-refractivity contribution in [3.05, 3.63) is 94.6 Å². The molecule has 2 N–H and O–H groups in total. The standard InChI is InChI=1S/C25H18ClN3O/c1-29-20-12-5-3-8-15(20)22(25(29)30)24-21(16-9-6-10-18(26)23(16)28-24)17-13-27-19-11-4-2-7-14(17)19/h2-13,21,27,30H,1H3. The number of aryl methyl sites for hydroxylation is 1. The Morgan fingerprint density at radius 1 is 0.933 bits per heavy atom. The SMILES string of the molecule is Cn1c(O)c(C2=Nc3c(Cl)cccc3C2c2c[nH]c3ccccc23)c2ccccc21. The minimum absolute atomic E-state index is 0.133. The molecule has 5 heteroatoms. The van der Waals surface area contributed by atoms with Crippen LogP contribution in [0.15, 0.2) is 77.9 Å². The van der Waals surface area contributed by atoms with E-state index in [1.807, 2.05) is 66.3 Å². The maximum absolute atomic E-state index is 11.1. The Morgan fingerprint density at radius 3 is 2.57 bits per heavy atom. The van der Waals surface area contributed by atoms with E-state index in [1.165, 1.54) is 0 Å². The van der Waals surface area contributed by atoms with Gasteiger partial charge in [-0.2, -0.15) is 0 Å². The highest BCUT2D eigenvalue weighted by Gasteiger charge is 2.35. The van der Waals surface area contributed by atoms with Crippen molar-refractivity contribution in [2.45, 2.75) is 5.92 Å². The molecule has 0 fully saturated rings. The zero-order chi connectivity index (χ0) is 20.4. The molecule has 146 valence electrons. The third-order valence-electron chi connectivity index (χ3n) is 6.10. The van der Waals surface area contributed by atoms with Crippen LogP contribution >= 0.6 is 11.6 Å². The summed E-state index contributed by atoms with van der Waals surface area (Å²) in [5, 5.41) is 13.8. The predicted octanol–water partition coefficient (Wildman–Crippen LogP) is 6.28. The Labute approximate surface area is 178 Å². The van der Waals surface area contributed by atoms with E-state index in [-0.39, 0.29) is 11.8 Å². The Bertz CT molecular complexity index is 1490. The van der Waals surface area contributed by atoms with E-state index in [1.54, 1.807) is 0 Å². The number of para-hydroxylation sites is 3. The highest BCUT2D eigenvalue weighted by Crippen LogP contribution is 2.49. The van der Waals surface area contributed by atoms with Gasteiger partial charge in [-0.05, 0) is 29.3 Å². The second-order valence-corrected chi connectivity index (χ2v) is 8.08. The van der Waals surface area contributed by atoms with E-state index < -0.39 is 0 Å². The summed E-state index contributed by atoms with van der Waals surface area (Å²) in [5.74, 6) is 0.0790. The molecule has 0 amide bonds. The summed E-state index contributed by atoms with van der Waals surface area (Å²) >= 11 is 6.55. The molecule has 3 heterocycles.